The third kappa shape index (κ3) is 6.23. The van der Waals surface area contributed by atoms with Crippen molar-refractivity contribution >= 4 is 27.3 Å². The molecule has 33 heavy (non-hydrogen) atoms. The first-order chi connectivity index (χ1) is 15.8. The number of benzene rings is 2. The van der Waals surface area contributed by atoms with Gasteiger partial charge < -0.3 is 19.7 Å². The predicted octanol–water partition coefficient (Wildman–Crippen LogP) is 1.42. The van der Waals surface area contributed by atoms with Crippen LogP contribution in [0.5, 0.6) is 11.5 Å². The van der Waals surface area contributed by atoms with Gasteiger partial charge in [-0.25, -0.2) is 8.42 Å². The fourth-order valence-electron chi connectivity index (χ4n) is 3.82. The summed E-state index contributed by atoms with van der Waals surface area (Å²) in [6, 6.07) is 12.9. The number of fused-ring (bicyclic) bond motifs is 1. The molecule has 0 atom stereocenters. The highest BCUT2D eigenvalue weighted by Gasteiger charge is 2.27. The van der Waals surface area contributed by atoms with E-state index < -0.39 is 33.2 Å². The van der Waals surface area contributed by atoms with Crippen LogP contribution >= 0.6 is 0 Å². The predicted molar refractivity (Wildman–Crippen MR) is 123 cm³/mol. The molecule has 10 heteroatoms. The average molecular weight is 474 g/mol. The Kier molecular flexibility index (Phi) is 6.85. The summed E-state index contributed by atoms with van der Waals surface area (Å²) in [5.74, 6) is -1.05. The minimum absolute atomic E-state index is 0.232. The molecule has 1 fully saturated rings. The van der Waals surface area contributed by atoms with E-state index in [4.69, 9.17) is 9.47 Å². The highest BCUT2D eigenvalue weighted by atomic mass is 32.2. The second kappa shape index (κ2) is 9.80. The summed E-state index contributed by atoms with van der Waals surface area (Å²) in [6.45, 7) is 5.00. The van der Waals surface area contributed by atoms with Crippen molar-refractivity contribution in [3.63, 3.8) is 0 Å². The first-order valence-corrected chi connectivity index (χ1v) is 12.6. The molecule has 1 N–H and O–H groups in total. The van der Waals surface area contributed by atoms with E-state index in [2.05, 4.69) is 10.2 Å². The van der Waals surface area contributed by atoms with Crippen molar-refractivity contribution in [3.05, 3.63) is 53.6 Å². The van der Waals surface area contributed by atoms with Crippen LogP contribution in [0.2, 0.25) is 0 Å². The number of nitrogens with one attached hydrogen (secondary N) is 1. The van der Waals surface area contributed by atoms with Gasteiger partial charge in [0.2, 0.25) is 18.6 Å². The second-order valence-electron chi connectivity index (χ2n) is 8.29. The summed E-state index contributed by atoms with van der Waals surface area (Å²) in [5, 5.41) is 2.56. The van der Waals surface area contributed by atoms with Gasteiger partial charge in [-0.15, -0.1) is 0 Å². The normalized spacial score (nSPS) is 16.0. The summed E-state index contributed by atoms with van der Waals surface area (Å²) in [4.78, 5) is 28.4. The topological polar surface area (TPSA) is 105 Å². The molecule has 2 amide bonds. The molecule has 0 saturated carbocycles. The van der Waals surface area contributed by atoms with E-state index in [1.807, 2.05) is 37.3 Å². The van der Waals surface area contributed by atoms with Gasteiger partial charge in [-0.05, 0) is 36.8 Å². The summed E-state index contributed by atoms with van der Waals surface area (Å²) in [7, 11) is -3.87. The van der Waals surface area contributed by atoms with Gasteiger partial charge in [0.15, 0.2) is 21.3 Å². The zero-order valence-electron chi connectivity index (χ0n) is 18.5. The molecule has 2 aromatic rings. The highest BCUT2D eigenvalue weighted by molar-refractivity contribution is 7.92. The van der Waals surface area contributed by atoms with Crippen LogP contribution in [0.25, 0.3) is 0 Å². The Morgan fingerprint density at radius 2 is 1.64 bits per heavy atom. The number of piperazine rings is 1. The first kappa shape index (κ1) is 23.1. The summed E-state index contributed by atoms with van der Waals surface area (Å²) in [6.07, 6.45) is 0. The maximum Gasteiger partial charge on any atom is 0.239 e. The Labute approximate surface area is 193 Å². The Balaban J connectivity index is 1.23. The van der Waals surface area contributed by atoms with Crippen LogP contribution in [0.1, 0.15) is 11.1 Å². The maximum absolute atomic E-state index is 12.6. The van der Waals surface area contributed by atoms with Crippen molar-refractivity contribution in [2.75, 3.05) is 49.8 Å². The van der Waals surface area contributed by atoms with Crippen LogP contribution in [0.3, 0.4) is 0 Å². The van der Waals surface area contributed by atoms with Crippen LogP contribution in [0, 0.1) is 6.92 Å². The van der Waals surface area contributed by atoms with Crippen LogP contribution in [-0.4, -0.2) is 74.5 Å². The number of ether oxygens (including phenoxy) is 2. The third-order valence-corrected chi connectivity index (χ3v) is 6.99. The van der Waals surface area contributed by atoms with Gasteiger partial charge in [0.25, 0.3) is 0 Å². The quantitative estimate of drug-likeness (QED) is 0.648. The zero-order chi connectivity index (χ0) is 23.4. The number of aryl methyl sites for hydroxylation is 1. The number of sulfone groups is 1. The number of amides is 2. The lowest BCUT2D eigenvalue weighted by atomic mass is 10.1. The van der Waals surface area contributed by atoms with Gasteiger partial charge in [0.1, 0.15) is 11.5 Å². The fourth-order valence-corrected chi connectivity index (χ4v) is 4.95. The summed E-state index contributed by atoms with van der Waals surface area (Å²) >= 11 is 0. The molecule has 1 saturated heterocycles. The lowest BCUT2D eigenvalue weighted by Crippen LogP contribution is -2.50. The Bertz CT molecular complexity index is 1130. The highest BCUT2D eigenvalue weighted by Crippen LogP contribution is 2.32. The number of hydrogen-bond donors (Lipinski definition) is 1. The standard InChI is InChI=1S/C23H27N3O6S/c1-17-2-5-19(6-3-17)24-22(27)14-33(29,30)15-23(28)26-10-8-25(9-11-26)13-18-4-7-20-21(12-18)32-16-31-20/h2-7,12H,8-11,13-16H2,1H3,(H,24,27). The van der Waals surface area contributed by atoms with Gasteiger partial charge in [-0.1, -0.05) is 23.8 Å². The fraction of sp³-hybridized carbons (Fsp3) is 0.391. The minimum Gasteiger partial charge on any atom is -0.454 e. The van der Waals surface area contributed by atoms with E-state index in [0.717, 1.165) is 22.6 Å². The largest absolute Gasteiger partial charge is 0.454 e. The van der Waals surface area contributed by atoms with Crippen LogP contribution in [-0.2, 0) is 26.0 Å². The molecular weight excluding hydrogens is 446 g/mol. The molecule has 0 aromatic heterocycles. The molecule has 0 aliphatic carbocycles. The first-order valence-electron chi connectivity index (χ1n) is 10.7. The lowest BCUT2D eigenvalue weighted by molar-refractivity contribution is -0.130. The van der Waals surface area contributed by atoms with E-state index in [9.17, 15) is 18.0 Å². The Morgan fingerprint density at radius 1 is 0.939 bits per heavy atom. The number of nitrogens with zero attached hydrogens (tertiary/aromatic N) is 2. The average Bonchev–Trinajstić information content (AvgIpc) is 3.23. The molecule has 2 aliphatic heterocycles. The van der Waals surface area contributed by atoms with E-state index in [1.54, 1.807) is 17.0 Å². The van der Waals surface area contributed by atoms with Gasteiger partial charge in [0.05, 0.1) is 0 Å². The second-order valence-corrected chi connectivity index (χ2v) is 10.4. The summed E-state index contributed by atoms with van der Waals surface area (Å²) in [5.41, 5.74) is 2.63. The molecule has 0 bridgehead atoms. The van der Waals surface area contributed by atoms with Crippen molar-refractivity contribution < 1.29 is 27.5 Å². The molecule has 176 valence electrons. The van der Waals surface area contributed by atoms with Crippen LogP contribution < -0.4 is 14.8 Å². The third-order valence-electron chi connectivity index (χ3n) is 5.60. The molecule has 0 radical (unpaired) electrons. The van der Waals surface area contributed by atoms with Gasteiger partial charge >= 0.3 is 0 Å². The molecule has 2 heterocycles. The Hall–Kier alpha value is -3.11. The number of carbonyl (C=O) groups excluding carboxylic acids is 2. The Morgan fingerprint density at radius 3 is 2.36 bits per heavy atom. The number of hydrogen-bond acceptors (Lipinski definition) is 7. The van der Waals surface area contributed by atoms with Gasteiger partial charge in [0, 0.05) is 38.4 Å². The molecular formula is C23H27N3O6S. The lowest BCUT2D eigenvalue weighted by Gasteiger charge is -2.34. The SMILES string of the molecule is Cc1ccc(NC(=O)CS(=O)(=O)CC(=O)N2CCN(Cc3ccc4c(c3)OCO4)CC2)cc1. The van der Waals surface area contributed by atoms with Crippen molar-refractivity contribution in [1.82, 2.24) is 9.80 Å². The van der Waals surface area contributed by atoms with Crippen LogP contribution in [0.15, 0.2) is 42.5 Å². The molecule has 9 nitrogen and oxygen atoms in total. The van der Waals surface area contributed by atoms with E-state index in [-0.39, 0.29) is 6.79 Å². The number of anilines is 1. The number of rotatable bonds is 7. The van der Waals surface area contributed by atoms with Gasteiger partial charge in [-0.3, -0.25) is 14.5 Å². The smallest absolute Gasteiger partial charge is 0.239 e. The van der Waals surface area contributed by atoms with Gasteiger partial charge in [-0.2, -0.15) is 0 Å². The molecule has 4 rings (SSSR count). The van der Waals surface area contributed by atoms with Crippen molar-refractivity contribution in [2.24, 2.45) is 0 Å². The molecule has 0 unspecified atom stereocenters. The van der Waals surface area contributed by atoms with Crippen molar-refractivity contribution in [3.8, 4) is 11.5 Å². The van der Waals surface area contributed by atoms with E-state index in [1.165, 1.54) is 0 Å². The maximum atomic E-state index is 12.6. The monoisotopic (exact) mass is 473 g/mol. The molecule has 2 aromatic carbocycles. The van der Waals surface area contributed by atoms with E-state index >= 15 is 0 Å². The summed E-state index contributed by atoms with van der Waals surface area (Å²) < 4.78 is 35.5. The van der Waals surface area contributed by atoms with Crippen molar-refractivity contribution in [2.45, 2.75) is 13.5 Å². The van der Waals surface area contributed by atoms with Crippen molar-refractivity contribution in [1.29, 1.82) is 0 Å². The molecule has 0 spiro atoms. The number of carbonyl (C=O) groups is 2. The zero-order valence-corrected chi connectivity index (χ0v) is 19.3. The van der Waals surface area contributed by atoms with E-state index in [0.29, 0.717) is 38.4 Å². The molecule has 2 aliphatic rings. The van der Waals surface area contributed by atoms with Crippen LogP contribution in [0.4, 0.5) is 5.69 Å². The minimum atomic E-state index is -3.87.